The maximum atomic E-state index is 12.9. The fourth-order valence-electron chi connectivity index (χ4n) is 7.87. The smallest absolute Gasteiger partial charge is 0.303 e. The van der Waals surface area contributed by atoms with E-state index >= 15 is 0 Å². The summed E-state index contributed by atoms with van der Waals surface area (Å²) in [5.41, 5.74) is -1.41. The van der Waals surface area contributed by atoms with Crippen LogP contribution in [0.15, 0.2) is 11.6 Å². The van der Waals surface area contributed by atoms with Crippen LogP contribution < -0.4 is 0 Å². The van der Waals surface area contributed by atoms with Gasteiger partial charge in [0.25, 0.3) is 0 Å². The van der Waals surface area contributed by atoms with Crippen molar-refractivity contribution in [3.63, 3.8) is 0 Å². The third-order valence-electron chi connectivity index (χ3n) is 9.23. The van der Waals surface area contributed by atoms with Gasteiger partial charge in [-0.3, -0.25) is 14.4 Å². The van der Waals surface area contributed by atoms with Crippen molar-refractivity contribution in [2.75, 3.05) is 6.61 Å². The van der Waals surface area contributed by atoms with Crippen LogP contribution in [0.2, 0.25) is 0 Å². The lowest BCUT2D eigenvalue weighted by molar-refractivity contribution is -0.186. The number of aliphatic hydroxyl groups is 2. The Morgan fingerprint density at radius 2 is 1.97 bits per heavy atom. The van der Waals surface area contributed by atoms with Gasteiger partial charge in [-0.15, -0.1) is 0 Å². The van der Waals surface area contributed by atoms with Gasteiger partial charge in [0, 0.05) is 18.8 Å². The highest BCUT2D eigenvalue weighted by Crippen LogP contribution is 2.68. The summed E-state index contributed by atoms with van der Waals surface area (Å²) in [5.74, 6) is -0.287. The zero-order valence-electron chi connectivity index (χ0n) is 18.4. The molecule has 4 aliphatic rings. The van der Waals surface area contributed by atoms with Crippen LogP contribution in [0.25, 0.3) is 0 Å². The van der Waals surface area contributed by atoms with E-state index in [1.54, 1.807) is 0 Å². The number of ketones is 2. The molecular formula is C24H34O6. The molecule has 3 saturated carbocycles. The molecule has 2 unspecified atom stereocenters. The Balaban J connectivity index is 1.69. The highest BCUT2D eigenvalue weighted by molar-refractivity contribution is 5.92. The maximum absolute atomic E-state index is 12.9. The molecule has 6 nitrogen and oxygen atoms in total. The molecule has 0 radical (unpaired) electrons. The number of hydrogen-bond donors (Lipinski definition) is 2. The predicted octanol–water partition coefficient (Wildman–Crippen LogP) is 2.60. The minimum atomic E-state index is -1.60. The third-order valence-corrected chi connectivity index (χ3v) is 9.23. The third kappa shape index (κ3) is 2.86. The second-order valence-corrected chi connectivity index (χ2v) is 10.7. The molecular weight excluding hydrogens is 384 g/mol. The summed E-state index contributed by atoms with van der Waals surface area (Å²) in [7, 11) is 0. The van der Waals surface area contributed by atoms with E-state index in [9.17, 15) is 24.6 Å². The Morgan fingerprint density at radius 3 is 2.63 bits per heavy atom. The molecule has 4 rings (SSSR count). The first-order chi connectivity index (χ1) is 13.9. The van der Waals surface area contributed by atoms with Gasteiger partial charge < -0.3 is 14.9 Å². The largest absolute Gasteiger partial charge is 0.458 e. The van der Waals surface area contributed by atoms with Gasteiger partial charge in [0.05, 0.1) is 6.10 Å². The number of carbonyl (C=O) groups is 3. The molecule has 4 aliphatic carbocycles. The lowest BCUT2D eigenvalue weighted by Crippen LogP contribution is -2.62. The standard InChI is InChI=1S/C24H34O6/c1-13-9-16-17-6-8-24(29,20(28)12-30-14(2)25)23(17,4)11-19(27)21(16)22(3)7-5-15(26)10-18(13)22/h10,13,16-17,19,21,27,29H,5-9,11-12H2,1-4H3/t13-,16-,17?,19-,21?,22-,23-,24-/m0/s1. The van der Waals surface area contributed by atoms with Crippen molar-refractivity contribution in [3.8, 4) is 0 Å². The van der Waals surface area contributed by atoms with Gasteiger partial charge in [-0.2, -0.15) is 0 Å². The molecule has 2 N–H and O–H groups in total. The second kappa shape index (κ2) is 6.99. The van der Waals surface area contributed by atoms with E-state index in [4.69, 9.17) is 4.74 Å². The summed E-state index contributed by atoms with van der Waals surface area (Å²) < 4.78 is 4.90. The van der Waals surface area contributed by atoms with E-state index in [-0.39, 0.29) is 34.9 Å². The van der Waals surface area contributed by atoms with Crippen LogP contribution in [0.5, 0.6) is 0 Å². The Labute approximate surface area is 178 Å². The molecule has 0 spiro atoms. The number of aliphatic hydroxyl groups excluding tert-OH is 1. The molecule has 0 amide bonds. The summed E-state index contributed by atoms with van der Waals surface area (Å²) in [5, 5.41) is 22.9. The summed E-state index contributed by atoms with van der Waals surface area (Å²) in [6, 6.07) is 0. The fraction of sp³-hybridized carbons (Fsp3) is 0.792. The maximum Gasteiger partial charge on any atom is 0.303 e. The van der Waals surface area contributed by atoms with Gasteiger partial charge in [-0.05, 0) is 67.3 Å². The summed E-state index contributed by atoms with van der Waals surface area (Å²) in [6.07, 6.45) is 4.66. The molecule has 0 aliphatic heterocycles. The highest BCUT2D eigenvalue weighted by atomic mass is 16.5. The predicted molar refractivity (Wildman–Crippen MR) is 109 cm³/mol. The highest BCUT2D eigenvalue weighted by Gasteiger charge is 2.68. The summed E-state index contributed by atoms with van der Waals surface area (Å²) in [4.78, 5) is 36.2. The molecule has 0 heterocycles. The lowest BCUT2D eigenvalue weighted by atomic mass is 9.44. The van der Waals surface area contributed by atoms with E-state index in [0.717, 1.165) is 12.8 Å². The van der Waals surface area contributed by atoms with Crippen molar-refractivity contribution in [2.45, 2.75) is 77.9 Å². The quantitative estimate of drug-likeness (QED) is 0.683. The van der Waals surface area contributed by atoms with Crippen molar-refractivity contribution < 1.29 is 29.3 Å². The molecule has 0 saturated heterocycles. The normalized spacial score (nSPS) is 47.6. The zero-order valence-corrected chi connectivity index (χ0v) is 18.4. The average Bonchev–Trinajstić information content (AvgIpc) is 2.93. The van der Waals surface area contributed by atoms with E-state index in [0.29, 0.717) is 25.7 Å². The number of rotatable bonds is 3. The summed E-state index contributed by atoms with van der Waals surface area (Å²) >= 11 is 0. The van der Waals surface area contributed by atoms with E-state index in [1.807, 2.05) is 13.0 Å². The topological polar surface area (TPSA) is 101 Å². The number of hydrogen-bond acceptors (Lipinski definition) is 6. The fourth-order valence-corrected chi connectivity index (χ4v) is 7.87. The number of fused-ring (bicyclic) bond motifs is 5. The van der Waals surface area contributed by atoms with Gasteiger partial charge in [-0.25, -0.2) is 0 Å². The van der Waals surface area contributed by atoms with Crippen LogP contribution in [0.1, 0.15) is 66.2 Å². The van der Waals surface area contributed by atoms with E-state index in [1.165, 1.54) is 12.5 Å². The Bertz CT molecular complexity index is 817. The van der Waals surface area contributed by atoms with Crippen LogP contribution in [-0.4, -0.2) is 46.1 Å². The van der Waals surface area contributed by atoms with Crippen molar-refractivity contribution in [1.29, 1.82) is 0 Å². The molecule has 166 valence electrons. The van der Waals surface area contributed by atoms with Gasteiger partial charge >= 0.3 is 5.97 Å². The Morgan fingerprint density at radius 1 is 1.27 bits per heavy atom. The summed E-state index contributed by atoms with van der Waals surface area (Å²) in [6.45, 7) is 7.09. The number of esters is 1. The Kier molecular flexibility index (Phi) is 5.06. The van der Waals surface area contributed by atoms with Crippen molar-refractivity contribution >= 4 is 17.5 Å². The van der Waals surface area contributed by atoms with Gasteiger partial charge in [-0.1, -0.05) is 26.3 Å². The number of ether oxygens (including phenoxy) is 1. The number of carbonyl (C=O) groups excluding carboxylic acids is 3. The molecule has 0 bridgehead atoms. The molecule has 0 aromatic rings. The molecule has 3 fully saturated rings. The van der Waals surface area contributed by atoms with Crippen molar-refractivity contribution in [2.24, 2.45) is 34.5 Å². The molecule has 30 heavy (non-hydrogen) atoms. The molecule has 0 aromatic carbocycles. The van der Waals surface area contributed by atoms with Crippen LogP contribution in [0.4, 0.5) is 0 Å². The molecule has 8 atom stereocenters. The zero-order chi connectivity index (χ0) is 22.1. The first-order valence-corrected chi connectivity index (χ1v) is 11.3. The van der Waals surface area contributed by atoms with Gasteiger partial charge in [0.15, 0.2) is 12.4 Å². The van der Waals surface area contributed by atoms with Crippen LogP contribution in [0, 0.1) is 34.5 Å². The number of allylic oxidation sites excluding steroid dienone is 1. The van der Waals surface area contributed by atoms with Crippen LogP contribution in [-0.2, 0) is 19.1 Å². The molecule has 0 aromatic heterocycles. The monoisotopic (exact) mass is 418 g/mol. The average molecular weight is 419 g/mol. The first-order valence-electron chi connectivity index (χ1n) is 11.3. The SMILES string of the molecule is CC(=O)OCC(=O)[C@@]1(O)CCC2[C@@H]3C[C@H](C)C4=CC(=O)CC[C@]4(C)C3[C@@H](O)C[C@@]21C. The van der Waals surface area contributed by atoms with E-state index in [2.05, 4.69) is 13.8 Å². The van der Waals surface area contributed by atoms with E-state index < -0.39 is 35.5 Å². The van der Waals surface area contributed by atoms with Gasteiger partial charge in [0.2, 0.25) is 5.78 Å². The first kappa shape index (κ1) is 21.7. The van der Waals surface area contributed by atoms with Crippen molar-refractivity contribution in [3.05, 3.63) is 11.6 Å². The van der Waals surface area contributed by atoms with Crippen LogP contribution in [0.3, 0.4) is 0 Å². The minimum Gasteiger partial charge on any atom is -0.458 e. The second-order valence-electron chi connectivity index (χ2n) is 10.7. The van der Waals surface area contributed by atoms with Gasteiger partial charge in [0.1, 0.15) is 5.60 Å². The van der Waals surface area contributed by atoms with Crippen LogP contribution >= 0.6 is 0 Å². The number of Topliss-reactive ketones (excluding diaryl/α,β-unsaturated/α-hetero) is 1. The van der Waals surface area contributed by atoms with Crippen molar-refractivity contribution in [1.82, 2.24) is 0 Å². The Hall–Kier alpha value is -1.53. The lowest BCUT2D eigenvalue weighted by Gasteiger charge is -2.61. The minimum absolute atomic E-state index is 0.0250. The molecule has 6 heteroatoms.